The Morgan fingerprint density at radius 1 is 1.17 bits per heavy atom. The van der Waals surface area contributed by atoms with Crippen LogP contribution in [-0.2, 0) is 9.59 Å². The number of hydrogen-bond acceptors (Lipinski definition) is 2. The zero-order valence-electron chi connectivity index (χ0n) is 11.4. The minimum absolute atomic E-state index is 0.0103. The van der Waals surface area contributed by atoms with E-state index in [0.717, 1.165) is 37.8 Å². The second-order valence-corrected chi connectivity index (χ2v) is 4.84. The van der Waals surface area contributed by atoms with Crippen LogP contribution in [0.2, 0.25) is 0 Å². The molecule has 3 heteroatoms. The lowest BCUT2D eigenvalue weighted by Gasteiger charge is -2.21. The minimum atomic E-state index is -0.0103. The Hall–Kier alpha value is -1.38. The summed E-state index contributed by atoms with van der Waals surface area (Å²) >= 11 is 0. The molecule has 0 bridgehead atoms. The molecular formula is C15H23NO2. The summed E-state index contributed by atoms with van der Waals surface area (Å²) in [6.07, 6.45) is 11.5. The van der Waals surface area contributed by atoms with Crippen molar-refractivity contribution in [3.8, 4) is 0 Å². The van der Waals surface area contributed by atoms with Gasteiger partial charge in [0, 0.05) is 11.6 Å². The second kappa shape index (κ2) is 7.85. The molecule has 100 valence electrons. The second-order valence-electron chi connectivity index (χ2n) is 4.84. The van der Waals surface area contributed by atoms with Crippen molar-refractivity contribution >= 4 is 11.7 Å². The third kappa shape index (κ3) is 5.30. The van der Waals surface area contributed by atoms with Crippen molar-refractivity contribution in [2.24, 2.45) is 5.92 Å². The Labute approximate surface area is 109 Å². The fourth-order valence-corrected chi connectivity index (χ4v) is 2.20. The number of amides is 1. The van der Waals surface area contributed by atoms with Gasteiger partial charge in [-0.15, -0.1) is 0 Å². The lowest BCUT2D eigenvalue weighted by molar-refractivity contribution is -0.125. The zero-order chi connectivity index (χ0) is 13.4. The highest BCUT2D eigenvalue weighted by Gasteiger charge is 2.20. The molecule has 0 heterocycles. The first kappa shape index (κ1) is 14.7. The molecule has 0 saturated heterocycles. The monoisotopic (exact) mass is 249 g/mol. The van der Waals surface area contributed by atoms with E-state index >= 15 is 0 Å². The highest BCUT2D eigenvalue weighted by atomic mass is 16.2. The van der Waals surface area contributed by atoms with Gasteiger partial charge in [-0.25, -0.2) is 0 Å². The van der Waals surface area contributed by atoms with E-state index in [-0.39, 0.29) is 17.6 Å². The van der Waals surface area contributed by atoms with Crippen LogP contribution in [0.1, 0.15) is 52.4 Å². The number of carbonyl (C=O) groups excluding carboxylic acids is 2. The molecule has 1 fully saturated rings. The highest BCUT2D eigenvalue weighted by molar-refractivity contribution is 5.88. The van der Waals surface area contributed by atoms with Gasteiger partial charge in [-0.3, -0.25) is 9.59 Å². The topological polar surface area (TPSA) is 46.2 Å². The van der Waals surface area contributed by atoms with Crippen molar-refractivity contribution in [1.82, 2.24) is 5.32 Å². The molecule has 1 saturated carbocycles. The lowest BCUT2D eigenvalue weighted by Crippen LogP contribution is -2.31. The predicted molar refractivity (Wildman–Crippen MR) is 72.9 cm³/mol. The van der Waals surface area contributed by atoms with E-state index < -0.39 is 0 Å². The quantitative estimate of drug-likeness (QED) is 0.601. The van der Waals surface area contributed by atoms with Crippen LogP contribution in [0.3, 0.4) is 0 Å². The molecule has 0 aromatic carbocycles. The third-order valence-corrected chi connectivity index (χ3v) is 3.17. The van der Waals surface area contributed by atoms with E-state index in [4.69, 9.17) is 0 Å². The number of nitrogens with one attached hydrogen (secondary N) is 1. The maximum absolute atomic E-state index is 12.1. The lowest BCUT2D eigenvalue weighted by atomic mass is 9.88. The van der Waals surface area contributed by atoms with Crippen LogP contribution in [-0.4, -0.2) is 11.7 Å². The zero-order valence-corrected chi connectivity index (χ0v) is 11.4. The Kier molecular flexibility index (Phi) is 6.40. The van der Waals surface area contributed by atoms with Crippen LogP contribution < -0.4 is 5.32 Å². The number of carbonyl (C=O) groups is 2. The van der Waals surface area contributed by atoms with Crippen LogP contribution in [0, 0.1) is 5.92 Å². The first-order valence-corrected chi connectivity index (χ1v) is 6.83. The molecule has 0 unspecified atom stereocenters. The average molecular weight is 249 g/mol. The maximum atomic E-state index is 12.1. The molecule has 1 aliphatic rings. The van der Waals surface area contributed by atoms with Gasteiger partial charge in [-0.2, -0.15) is 0 Å². The van der Waals surface area contributed by atoms with Crippen molar-refractivity contribution in [2.45, 2.75) is 52.4 Å². The molecule has 18 heavy (non-hydrogen) atoms. The van der Waals surface area contributed by atoms with Gasteiger partial charge in [0.1, 0.15) is 0 Å². The molecule has 0 radical (unpaired) electrons. The number of rotatable bonds is 5. The molecule has 1 N–H and O–H groups in total. The summed E-state index contributed by atoms with van der Waals surface area (Å²) in [4.78, 5) is 23.0. The van der Waals surface area contributed by atoms with E-state index in [1.165, 1.54) is 19.4 Å². The third-order valence-electron chi connectivity index (χ3n) is 3.17. The van der Waals surface area contributed by atoms with Crippen LogP contribution in [0.25, 0.3) is 0 Å². The summed E-state index contributed by atoms with van der Waals surface area (Å²) in [7, 11) is 0. The summed E-state index contributed by atoms with van der Waals surface area (Å²) in [6, 6.07) is 0. The van der Waals surface area contributed by atoms with Crippen molar-refractivity contribution < 1.29 is 9.59 Å². The van der Waals surface area contributed by atoms with Gasteiger partial charge < -0.3 is 5.32 Å². The first-order chi connectivity index (χ1) is 8.63. The van der Waals surface area contributed by atoms with Crippen molar-refractivity contribution in [3.63, 3.8) is 0 Å². The van der Waals surface area contributed by atoms with E-state index in [1.54, 1.807) is 6.08 Å². The van der Waals surface area contributed by atoms with E-state index in [2.05, 4.69) is 5.32 Å². The molecular weight excluding hydrogens is 226 g/mol. The van der Waals surface area contributed by atoms with E-state index in [0.29, 0.717) is 0 Å². The van der Waals surface area contributed by atoms with Gasteiger partial charge in [0.15, 0.2) is 5.78 Å². The highest BCUT2D eigenvalue weighted by Crippen LogP contribution is 2.23. The summed E-state index contributed by atoms with van der Waals surface area (Å²) in [5.74, 6) is 0.233. The standard InChI is InChI=1S/C15H23NO2/c1-3-7-14(11-10-12(2)17)16-15(18)13-8-5-4-6-9-13/h7,10-11,13H,3-6,8-9H2,1-2H3,(H,16,18)/b11-10-,14-7+. The molecule has 0 spiro atoms. The fraction of sp³-hybridized carbons (Fsp3) is 0.600. The molecule has 1 aliphatic carbocycles. The van der Waals surface area contributed by atoms with Gasteiger partial charge >= 0.3 is 0 Å². The van der Waals surface area contributed by atoms with Crippen LogP contribution in [0.15, 0.2) is 23.9 Å². The fourth-order valence-electron chi connectivity index (χ4n) is 2.20. The normalized spacial score (nSPS) is 18.0. The Balaban J connectivity index is 2.57. The van der Waals surface area contributed by atoms with Crippen molar-refractivity contribution in [1.29, 1.82) is 0 Å². The molecule has 1 rings (SSSR count). The molecule has 3 nitrogen and oxygen atoms in total. The molecule has 0 aromatic rings. The van der Waals surface area contributed by atoms with Crippen molar-refractivity contribution in [2.75, 3.05) is 0 Å². The Bertz CT molecular complexity index is 350. The van der Waals surface area contributed by atoms with Gasteiger partial charge in [-0.05, 0) is 38.3 Å². The van der Waals surface area contributed by atoms with Crippen LogP contribution in [0.5, 0.6) is 0 Å². The van der Waals surface area contributed by atoms with E-state index in [9.17, 15) is 9.59 Å². The van der Waals surface area contributed by atoms with Crippen LogP contribution >= 0.6 is 0 Å². The summed E-state index contributed by atoms with van der Waals surface area (Å²) in [5.41, 5.74) is 0.739. The minimum Gasteiger partial charge on any atom is -0.326 e. The number of ketones is 1. The molecule has 0 aliphatic heterocycles. The summed E-state index contributed by atoms with van der Waals surface area (Å²) in [5, 5.41) is 2.93. The number of hydrogen-bond donors (Lipinski definition) is 1. The maximum Gasteiger partial charge on any atom is 0.227 e. The van der Waals surface area contributed by atoms with Crippen molar-refractivity contribution in [3.05, 3.63) is 23.9 Å². The largest absolute Gasteiger partial charge is 0.326 e. The van der Waals surface area contributed by atoms with Gasteiger partial charge in [0.05, 0.1) is 0 Å². The predicted octanol–water partition coefficient (Wildman–Crippen LogP) is 3.12. The molecule has 1 amide bonds. The summed E-state index contributed by atoms with van der Waals surface area (Å²) < 4.78 is 0. The van der Waals surface area contributed by atoms with Gasteiger partial charge in [0.25, 0.3) is 0 Å². The average Bonchev–Trinajstić information content (AvgIpc) is 2.37. The van der Waals surface area contributed by atoms with Gasteiger partial charge in [0.2, 0.25) is 5.91 Å². The van der Waals surface area contributed by atoms with Crippen LogP contribution in [0.4, 0.5) is 0 Å². The number of allylic oxidation sites excluding steroid dienone is 3. The Morgan fingerprint density at radius 3 is 2.39 bits per heavy atom. The smallest absolute Gasteiger partial charge is 0.227 e. The SMILES string of the molecule is CC/C=C(\C=C/C(C)=O)NC(=O)C1CCCCC1. The first-order valence-electron chi connectivity index (χ1n) is 6.83. The van der Waals surface area contributed by atoms with E-state index in [1.807, 2.05) is 13.0 Å². The Morgan fingerprint density at radius 2 is 1.83 bits per heavy atom. The molecule has 0 aromatic heterocycles. The summed E-state index contributed by atoms with van der Waals surface area (Å²) in [6.45, 7) is 3.51. The molecule has 0 atom stereocenters. The van der Waals surface area contributed by atoms with Gasteiger partial charge in [-0.1, -0.05) is 32.3 Å².